The van der Waals surface area contributed by atoms with Gasteiger partial charge in [0.1, 0.15) is 5.92 Å². The molecule has 0 aromatic heterocycles. The van der Waals surface area contributed by atoms with Crippen molar-refractivity contribution >= 4 is 11.8 Å². The topological polar surface area (TPSA) is 63.4 Å². The van der Waals surface area contributed by atoms with E-state index in [0.29, 0.717) is 13.0 Å². The van der Waals surface area contributed by atoms with Gasteiger partial charge in [-0.1, -0.05) is 19.6 Å². The van der Waals surface area contributed by atoms with Crippen LogP contribution in [0.2, 0.25) is 0 Å². The van der Waals surface area contributed by atoms with Gasteiger partial charge >= 0.3 is 0 Å². The maximum Gasteiger partial charge on any atom is 0.239 e. The van der Waals surface area contributed by atoms with Crippen molar-refractivity contribution in [1.82, 2.24) is 4.90 Å². The van der Waals surface area contributed by atoms with Gasteiger partial charge < -0.3 is 10.6 Å². The molecule has 1 unspecified atom stereocenters. The van der Waals surface area contributed by atoms with Crippen LogP contribution in [0.1, 0.15) is 19.8 Å². The molecular weight excluding hydrogens is 192 g/mol. The van der Waals surface area contributed by atoms with Gasteiger partial charge in [0.15, 0.2) is 0 Å². The fourth-order valence-electron chi connectivity index (χ4n) is 1.71. The maximum absolute atomic E-state index is 11.8. The molecule has 4 heteroatoms. The molecule has 0 spiro atoms. The number of likely N-dealkylation sites (tertiary alicyclic amines) is 1. The molecule has 1 saturated heterocycles. The van der Waals surface area contributed by atoms with Gasteiger partial charge in [0, 0.05) is 12.2 Å². The molecule has 0 saturated carbocycles. The molecule has 2 N–H and O–H groups in total. The summed E-state index contributed by atoms with van der Waals surface area (Å²) >= 11 is 0. The Morgan fingerprint density at radius 1 is 1.73 bits per heavy atom. The second-order valence-electron chi connectivity index (χ2n) is 3.47. The second-order valence-corrected chi connectivity index (χ2v) is 3.47. The van der Waals surface area contributed by atoms with Gasteiger partial charge in [-0.05, 0) is 18.9 Å². The minimum atomic E-state index is -0.662. The lowest BCUT2D eigenvalue weighted by Crippen LogP contribution is -2.32. The van der Waals surface area contributed by atoms with Gasteiger partial charge in [-0.3, -0.25) is 9.59 Å². The van der Waals surface area contributed by atoms with Crippen LogP contribution >= 0.6 is 0 Å². The number of carbonyl (C=O) groups is 2. The molecule has 15 heavy (non-hydrogen) atoms. The van der Waals surface area contributed by atoms with Crippen LogP contribution in [0.15, 0.2) is 24.4 Å². The van der Waals surface area contributed by atoms with E-state index in [9.17, 15) is 9.59 Å². The molecule has 0 aromatic carbocycles. The van der Waals surface area contributed by atoms with Crippen molar-refractivity contribution in [2.45, 2.75) is 19.8 Å². The molecule has 4 nitrogen and oxygen atoms in total. The van der Waals surface area contributed by atoms with Crippen LogP contribution < -0.4 is 5.73 Å². The zero-order valence-electron chi connectivity index (χ0n) is 8.90. The fourth-order valence-corrected chi connectivity index (χ4v) is 1.71. The van der Waals surface area contributed by atoms with Crippen LogP contribution in [0.3, 0.4) is 0 Å². The Balaban J connectivity index is 2.83. The molecule has 82 valence electrons. The molecule has 1 aliphatic heterocycles. The first-order valence-corrected chi connectivity index (χ1v) is 5.05. The normalized spacial score (nSPS) is 21.9. The molecule has 2 amide bonds. The number of carbonyl (C=O) groups excluding carboxylic acids is 2. The summed E-state index contributed by atoms with van der Waals surface area (Å²) in [5.41, 5.74) is 5.90. The smallest absolute Gasteiger partial charge is 0.239 e. The minimum Gasteiger partial charge on any atom is -0.369 e. The van der Waals surface area contributed by atoms with Crippen molar-refractivity contribution in [3.63, 3.8) is 0 Å². The van der Waals surface area contributed by atoms with Crippen molar-refractivity contribution in [1.29, 1.82) is 0 Å². The van der Waals surface area contributed by atoms with Gasteiger partial charge in [0.2, 0.25) is 11.8 Å². The highest BCUT2D eigenvalue weighted by atomic mass is 16.2. The summed E-state index contributed by atoms with van der Waals surface area (Å²) in [6.45, 7) is 6.18. The van der Waals surface area contributed by atoms with E-state index in [4.69, 9.17) is 5.73 Å². The highest BCUT2D eigenvalue weighted by Gasteiger charge is 2.36. The lowest BCUT2D eigenvalue weighted by Gasteiger charge is -2.17. The van der Waals surface area contributed by atoms with E-state index >= 15 is 0 Å². The summed E-state index contributed by atoms with van der Waals surface area (Å²) in [5.74, 6) is -1.41. The molecule has 0 bridgehead atoms. The van der Waals surface area contributed by atoms with Crippen LogP contribution in [0.4, 0.5) is 0 Å². The minimum absolute atomic E-state index is 0.206. The summed E-state index contributed by atoms with van der Waals surface area (Å²) in [5, 5.41) is 0. The van der Waals surface area contributed by atoms with Crippen molar-refractivity contribution in [3.05, 3.63) is 24.4 Å². The van der Waals surface area contributed by atoms with E-state index in [1.165, 1.54) is 0 Å². The predicted molar refractivity (Wildman–Crippen MR) is 57.6 cm³/mol. The van der Waals surface area contributed by atoms with E-state index < -0.39 is 11.8 Å². The van der Waals surface area contributed by atoms with E-state index in [1.54, 1.807) is 11.0 Å². The van der Waals surface area contributed by atoms with Crippen molar-refractivity contribution in [2.75, 3.05) is 6.54 Å². The summed E-state index contributed by atoms with van der Waals surface area (Å²) in [6.07, 6.45) is 4.87. The molecule has 0 aliphatic carbocycles. The van der Waals surface area contributed by atoms with E-state index in [0.717, 1.165) is 12.1 Å². The van der Waals surface area contributed by atoms with E-state index in [1.807, 2.05) is 13.0 Å². The zero-order chi connectivity index (χ0) is 11.4. The number of amides is 2. The van der Waals surface area contributed by atoms with Gasteiger partial charge in [-0.15, -0.1) is 0 Å². The number of rotatable bonds is 4. The Labute approximate surface area is 89.4 Å². The molecule has 1 fully saturated rings. The Kier molecular flexibility index (Phi) is 3.66. The van der Waals surface area contributed by atoms with Crippen LogP contribution in [-0.4, -0.2) is 23.3 Å². The average molecular weight is 208 g/mol. The summed E-state index contributed by atoms with van der Waals surface area (Å²) in [7, 11) is 0. The van der Waals surface area contributed by atoms with Gasteiger partial charge in [0.25, 0.3) is 0 Å². The Hall–Kier alpha value is -1.58. The predicted octanol–water partition coefficient (Wildman–Crippen LogP) is 0.800. The third-order valence-electron chi connectivity index (χ3n) is 2.48. The highest BCUT2D eigenvalue weighted by molar-refractivity contribution is 6.01. The first-order valence-electron chi connectivity index (χ1n) is 5.05. The van der Waals surface area contributed by atoms with Gasteiger partial charge in [-0.2, -0.15) is 0 Å². The number of hydrogen-bond donors (Lipinski definition) is 1. The molecule has 0 aromatic rings. The van der Waals surface area contributed by atoms with Crippen LogP contribution in [0, 0.1) is 5.92 Å². The van der Waals surface area contributed by atoms with E-state index in [2.05, 4.69) is 6.58 Å². The monoisotopic (exact) mass is 208 g/mol. The lowest BCUT2D eigenvalue weighted by atomic mass is 10.1. The fraction of sp³-hybridized carbons (Fsp3) is 0.455. The number of nitrogens with two attached hydrogens (primary N) is 1. The SMILES string of the molecule is C=C/C(=C\CC)N1CCC(C(N)=O)C1=O. The van der Waals surface area contributed by atoms with Gasteiger partial charge in [-0.25, -0.2) is 0 Å². The summed E-state index contributed by atoms with van der Waals surface area (Å²) < 4.78 is 0. The number of allylic oxidation sites excluding steroid dienone is 2. The molecule has 1 aliphatic rings. The molecular formula is C11H16N2O2. The first kappa shape index (κ1) is 11.5. The summed E-state index contributed by atoms with van der Waals surface area (Å²) in [4.78, 5) is 24.3. The van der Waals surface area contributed by atoms with Crippen LogP contribution in [0.25, 0.3) is 0 Å². The Morgan fingerprint density at radius 2 is 2.40 bits per heavy atom. The zero-order valence-corrected chi connectivity index (χ0v) is 8.90. The lowest BCUT2D eigenvalue weighted by molar-refractivity contribution is -0.135. The van der Waals surface area contributed by atoms with E-state index in [-0.39, 0.29) is 5.91 Å². The maximum atomic E-state index is 11.8. The average Bonchev–Trinajstić information content (AvgIpc) is 2.57. The standard InChI is InChI=1S/C11H16N2O2/c1-3-5-8(4-2)13-7-6-9(10(12)14)11(13)15/h4-5,9H,2-3,6-7H2,1H3,(H2,12,14)/b8-5+. The second kappa shape index (κ2) is 4.77. The number of hydrogen-bond acceptors (Lipinski definition) is 2. The first-order chi connectivity index (χ1) is 7.11. The third kappa shape index (κ3) is 2.26. The van der Waals surface area contributed by atoms with Gasteiger partial charge in [0.05, 0.1) is 0 Å². The Bertz CT molecular complexity index is 321. The quantitative estimate of drug-likeness (QED) is 0.548. The Morgan fingerprint density at radius 3 is 2.80 bits per heavy atom. The summed E-state index contributed by atoms with van der Waals surface area (Å²) in [6, 6.07) is 0. The number of nitrogens with zero attached hydrogens (tertiary/aromatic N) is 1. The largest absolute Gasteiger partial charge is 0.369 e. The van der Waals surface area contributed by atoms with Crippen molar-refractivity contribution in [3.8, 4) is 0 Å². The van der Waals surface area contributed by atoms with Crippen molar-refractivity contribution in [2.24, 2.45) is 11.7 Å². The molecule has 0 radical (unpaired) electrons. The molecule has 1 atom stereocenters. The third-order valence-corrected chi connectivity index (χ3v) is 2.48. The molecule has 1 heterocycles. The number of primary amides is 1. The highest BCUT2D eigenvalue weighted by Crippen LogP contribution is 2.22. The van der Waals surface area contributed by atoms with Crippen molar-refractivity contribution < 1.29 is 9.59 Å². The molecule has 1 rings (SSSR count). The van der Waals surface area contributed by atoms with Crippen LogP contribution in [0.5, 0.6) is 0 Å². The van der Waals surface area contributed by atoms with Crippen LogP contribution in [-0.2, 0) is 9.59 Å².